The van der Waals surface area contributed by atoms with E-state index in [0.717, 1.165) is 5.69 Å². The van der Waals surface area contributed by atoms with Crippen molar-refractivity contribution in [2.24, 2.45) is 0 Å². The van der Waals surface area contributed by atoms with Crippen LogP contribution in [0.5, 0.6) is 0 Å². The molecule has 0 aliphatic heterocycles. The molecule has 5 heteroatoms. The lowest BCUT2D eigenvalue weighted by Gasteiger charge is -2.07. The monoisotopic (exact) mass is 221 g/mol. The molecule has 1 aromatic carbocycles. The number of halogens is 1. The molecular formula is C11H12FN3O. The summed E-state index contributed by atoms with van der Waals surface area (Å²) in [5.41, 5.74) is 1.31. The van der Waals surface area contributed by atoms with E-state index in [1.165, 1.54) is 6.07 Å². The lowest BCUT2D eigenvalue weighted by molar-refractivity contribution is 0.379. The second-order valence-electron chi connectivity index (χ2n) is 3.50. The summed E-state index contributed by atoms with van der Waals surface area (Å²) in [6.07, 6.45) is 0. The number of aryl methyl sites for hydroxylation is 1. The SMILES string of the molecule is Cc1noc(CNc2cccc(F)c2C)n1. The summed E-state index contributed by atoms with van der Waals surface area (Å²) < 4.78 is 18.2. The maximum Gasteiger partial charge on any atom is 0.245 e. The van der Waals surface area contributed by atoms with Crippen LogP contribution in [0.15, 0.2) is 22.7 Å². The Kier molecular flexibility index (Phi) is 2.85. The number of rotatable bonds is 3. The Morgan fingerprint density at radius 1 is 1.38 bits per heavy atom. The van der Waals surface area contributed by atoms with Crippen LogP contribution in [0.4, 0.5) is 10.1 Å². The molecule has 0 radical (unpaired) electrons. The van der Waals surface area contributed by atoms with Crippen molar-refractivity contribution in [2.45, 2.75) is 20.4 Å². The lowest BCUT2D eigenvalue weighted by atomic mass is 10.2. The molecule has 16 heavy (non-hydrogen) atoms. The minimum Gasteiger partial charge on any atom is -0.376 e. The molecule has 2 aromatic rings. The maximum atomic E-state index is 13.2. The summed E-state index contributed by atoms with van der Waals surface area (Å²) in [6.45, 7) is 3.86. The third kappa shape index (κ3) is 2.18. The van der Waals surface area contributed by atoms with Gasteiger partial charge in [0, 0.05) is 11.3 Å². The molecule has 1 N–H and O–H groups in total. The van der Waals surface area contributed by atoms with Gasteiger partial charge in [0.2, 0.25) is 5.89 Å². The molecule has 1 heterocycles. The molecule has 4 nitrogen and oxygen atoms in total. The Hall–Kier alpha value is -1.91. The standard InChI is InChI=1S/C11H12FN3O/c1-7-9(12)4-3-5-10(7)13-6-11-14-8(2)15-16-11/h3-5,13H,6H2,1-2H3. The summed E-state index contributed by atoms with van der Waals surface area (Å²) in [7, 11) is 0. The first-order valence-electron chi connectivity index (χ1n) is 4.95. The fraction of sp³-hybridized carbons (Fsp3) is 0.273. The number of aromatic nitrogens is 2. The van der Waals surface area contributed by atoms with E-state index in [4.69, 9.17) is 4.52 Å². The van der Waals surface area contributed by atoms with E-state index in [-0.39, 0.29) is 5.82 Å². The zero-order valence-electron chi connectivity index (χ0n) is 9.12. The van der Waals surface area contributed by atoms with Gasteiger partial charge in [0.05, 0.1) is 6.54 Å². The van der Waals surface area contributed by atoms with Crippen LogP contribution in [-0.4, -0.2) is 10.1 Å². The van der Waals surface area contributed by atoms with Gasteiger partial charge in [0.25, 0.3) is 0 Å². The zero-order chi connectivity index (χ0) is 11.5. The number of hydrogen-bond acceptors (Lipinski definition) is 4. The van der Waals surface area contributed by atoms with E-state index in [9.17, 15) is 4.39 Å². The molecule has 0 saturated carbocycles. The summed E-state index contributed by atoms with van der Waals surface area (Å²) in [5.74, 6) is 0.848. The van der Waals surface area contributed by atoms with Gasteiger partial charge in [-0.3, -0.25) is 0 Å². The van der Waals surface area contributed by atoms with E-state index in [1.54, 1.807) is 19.9 Å². The maximum absolute atomic E-state index is 13.2. The Morgan fingerprint density at radius 2 is 2.19 bits per heavy atom. The first kappa shape index (κ1) is 10.6. The van der Waals surface area contributed by atoms with Crippen molar-refractivity contribution < 1.29 is 8.91 Å². The van der Waals surface area contributed by atoms with Gasteiger partial charge >= 0.3 is 0 Å². The van der Waals surface area contributed by atoms with Gasteiger partial charge in [0.15, 0.2) is 5.82 Å². The number of hydrogen-bond donors (Lipinski definition) is 1. The summed E-state index contributed by atoms with van der Waals surface area (Å²) in [4.78, 5) is 4.04. The molecule has 0 aliphatic carbocycles. The first-order valence-corrected chi connectivity index (χ1v) is 4.95. The lowest BCUT2D eigenvalue weighted by Crippen LogP contribution is -2.02. The van der Waals surface area contributed by atoms with Crippen LogP contribution in [0.2, 0.25) is 0 Å². The highest BCUT2D eigenvalue weighted by atomic mass is 19.1. The fourth-order valence-corrected chi connectivity index (χ4v) is 1.38. The summed E-state index contributed by atoms with van der Waals surface area (Å²) in [6, 6.07) is 4.89. The van der Waals surface area contributed by atoms with Gasteiger partial charge < -0.3 is 9.84 Å². The van der Waals surface area contributed by atoms with Crippen molar-refractivity contribution in [3.63, 3.8) is 0 Å². The number of nitrogens with zero attached hydrogens (tertiary/aromatic N) is 2. The van der Waals surface area contributed by atoms with Crippen LogP contribution < -0.4 is 5.32 Å². The highest BCUT2D eigenvalue weighted by molar-refractivity contribution is 5.50. The third-order valence-corrected chi connectivity index (χ3v) is 2.27. The van der Waals surface area contributed by atoms with Crippen LogP contribution in [0.25, 0.3) is 0 Å². The first-order chi connectivity index (χ1) is 7.66. The molecule has 0 bridgehead atoms. The van der Waals surface area contributed by atoms with E-state index >= 15 is 0 Å². The predicted molar refractivity (Wildman–Crippen MR) is 57.5 cm³/mol. The average molecular weight is 221 g/mol. The smallest absolute Gasteiger partial charge is 0.245 e. The molecule has 2 rings (SSSR count). The number of nitrogens with one attached hydrogen (secondary N) is 1. The van der Waals surface area contributed by atoms with Crippen LogP contribution in [0.3, 0.4) is 0 Å². The zero-order valence-corrected chi connectivity index (χ0v) is 9.12. The molecule has 84 valence electrons. The minimum atomic E-state index is -0.230. The van der Waals surface area contributed by atoms with Crippen LogP contribution >= 0.6 is 0 Å². The highest BCUT2D eigenvalue weighted by Gasteiger charge is 2.05. The second-order valence-corrected chi connectivity index (χ2v) is 3.50. The fourth-order valence-electron chi connectivity index (χ4n) is 1.38. The van der Waals surface area contributed by atoms with Crippen molar-refractivity contribution in [3.8, 4) is 0 Å². The molecule has 0 fully saturated rings. The van der Waals surface area contributed by atoms with Crippen LogP contribution in [0, 0.1) is 19.7 Å². The molecule has 0 saturated heterocycles. The predicted octanol–water partition coefficient (Wildman–Crippen LogP) is 2.44. The highest BCUT2D eigenvalue weighted by Crippen LogP contribution is 2.17. The molecule has 0 unspecified atom stereocenters. The Labute approximate surface area is 92.5 Å². The largest absolute Gasteiger partial charge is 0.376 e. The van der Waals surface area contributed by atoms with Gasteiger partial charge in [-0.05, 0) is 26.0 Å². The van der Waals surface area contributed by atoms with Gasteiger partial charge in [-0.25, -0.2) is 4.39 Å². The Bertz CT molecular complexity index is 496. The number of benzene rings is 1. The molecule has 0 aliphatic rings. The topological polar surface area (TPSA) is 51.0 Å². The summed E-state index contributed by atoms with van der Waals surface area (Å²) in [5, 5.41) is 6.72. The quantitative estimate of drug-likeness (QED) is 0.864. The Morgan fingerprint density at radius 3 is 2.88 bits per heavy atom. The molecule has 1 aromatic heterocycles. The van der Waals surface area contributed by atoms with Gasteiger partial charge in [0.1, 0.15) is 5.82 Å². The van der Waals surface area contributed by atoms with Crippen LogP contribution in [0.1, 0.15) is 17.3 Å². The Balaban J connectivity index is 2.07. The molecule has 0 amide bonds. The second kappa shape index (κ2) is 4.30. The molecular weight excluding hydrogens is 209 g/mol. The average Bonchev–Trinajstić information content (AvgIpc) is 2.67. The van der Waals surface area contributed by atoms with Gasteiger partial charge in [-0.2, -0.15) is 4.98 Å². The van der Waals surface area contributed by atoms with Crippen molar-refractivity contribution in [1.82, 2.24) is 10.1 Å². The third-order valence-electron chi connectivity index (χ3n) is 2.27. The van der Waals surface area contributed by atoms with Gasteiger partial charge in [-0.1, -0.05) is 11.2 Å². The number of anilines is 1. The van der Waals surface area contributed by atoms with Crippen molar-refractivity contribution in [2.75, 3.05) is 5.32 Å². The van der Waals surface area contributed by atoms with Crippen molar-refractivity contribution in [3.05, 3.63) is 41.3 Å². The summed E-state index contributed by atoms with van der Waals surface area (Å²) >= 11 is 0. The normalized spacial score (nSPS) is 10.4. The van der Waals surface area contributed by atoms with Crippen molar-refractivity contribution >= 4 is 5.69 Å². The van der Waals surface area contributed by atoms with E-state index in [1.807, 2.05) is 6.07 Å². The minimum absolute atomic E-state index is 0.230. The van der Waals surface area contributed by atoms with Crippen LogP contribution in [-0.2, 0) is 6.54 Å². The van der Waals surface area contributed by atoms with Gasteiger partial charge in [-0.15, -0.1) is 0 Å². The van der Waals surface area contributed by atoms with Crippen molar-refractivity contribution in [1.29, 1.82) is 0 Å². The van der Waals surface area contributed by atoms with E-state index in [0.29, 0.717) is 23.8 Å². The van der Waals surface area contributed by atoms with E-state index in [2.05, 4.69) is 15.5 Å². The van der Waals surface area contributed by atoms with E-state index < -0.39 is 0 Å². The molecule has 0 spiro atoms. The molecule has 0 atom stereocenters.